The van der Waals surface area contributed by atoms with Crippen molar-refractivity contribution in [2.24, 2.45) is 10.9 Å². The normalized spacial score (nSPS) is 19.4. The Hall–Kier alpha value is -1.39. The number of nitrogens with one attached hydrogen (secondary N) is 2. The van der Waals surface area contributed by atoms with Crippen LogP contribution in [0.15, 0.2) is 23.2 Å². The first-order valence-electron chi connectivity index (χ1n) is 8.23. The zero-order chi connectivity index (χ0) is 18.4. The number of rotatable bonds is 7. The Morgan fingerprint density at radius 2 is 2.00 bits per heavy atom. The van der Waals surface area contributed by atoms with Crippen molar-refractivity contribution in [2.75, 3.05) is 20.3 Å². The van der Waals surface area contributed by atoms with Crippen molar-refractivity contribution in [2.45, 2.75) is 39.0 Å². The molecule has 26 heavy (non-hydrogen) atoms. The molecule has 9 heteroatoms. The molecule has 0 heterocycles. The van der Waals surface area contributed by atoms with E-state index in [0.717, 1.165) is 24.5 Å². The highest BCUT2D eigenvalue weighted by Gasteiger charge is 2.33. The van der Waals surface area contributed by atoms with E-state index in [2.05, 4.69) is 22.5 Å². The lowest BCUT2D eigenvalue weighted by Crippen LogP contribution is -2.39. The topological polar surface area (TPSA) is 54.9 Å². The number of hydrogen-bond acceptors (Lipinski definition) is 3. The van der Waals surface area contributed by atoms with Gasteiger partial charge in [0.05, 0.1) is 13.7 Å². The number of ether oxygens (including phenoxy) is 2. The number of benzene rings is 1. The molecule has 1 aromatic rings. The smallest absolute Gasteiger partial charge is 0.422 e. The molecule has 0 bridgehead atoms. The summed E-state index contributed by atoms with van der Waals surface area (Å²) in [7, 11) is 1.39. The summed E-state index contributed by atoms with van der Waals surface area (Å²) in [6.07, 6.45) is -3.26. The highest BCUT2D eigenvalue weighted by atomic mass is 127. The van der Waals surface area contributed by atoms with Crippen LogP contribution >= 0.6 is 24.0 Å². The number of halogens is 4. The Kier molecular flexibility index (Phi) is 8.78. The monoisotopic (exact) mass is 487 g/mol. The molecule has 2 atom stereocenters. The average Bonchev–Trinajstić information content (AvgIpc) is 3.25. The molecule has 0 aromatic heterocycles. The van der Waals surface area contributed by atoms with Gasteiger partial charge in [-0.2, -0.15) is 13.2 Å². The van der Waals surface area contributed by atoms with Crippen LogP contribution < -0.4 is 20.1 Å². The molecule has 0 spiro atoms. The highest BCUT2D eigenvalue weighted by Crippen LogP contribution is 2.30. The molecule has 148 valence electrons. The summed E-state index contributed by atoms with van der Waals surface area (Å²) >= 11 is 0. The minimum Gasteiger partial charge on any atom is -0.493 e. The molecule has 0 amide bonds. The summed E-state index contributed by atoms with van der Waals surface area (Å²) in [5.41, 5.74) is 0.817. The Balaban J connectivity index is 0.00000338. The molecule has 1 aliphatic carbocycles. The summed E-state index contributed by atoms with van der Waals surface area (Å²) < 4.78 is 46.7. The average molecular weight is 487 g/mol. The van der Waals surface area contributed by atoms with Gasteiger partial charge in [-0.3, -0.25) is 0 Å². The zero-order valence-corrected chi connectivity index (χ0v) is 17.4. The van der Waals surface area contributed by atoms with Crippen LogP contribution in [0.25, 0.3) is 0 Å². The van der Waals surface area contributed by atoms with Gasteiger partial charge in [0.25, 0.3) is 0 Å². The van der Waals surface area contributed by atoms with Gasteiger partial charge in [-0.25, -0.2) is 4.99 Å². The van der Waals surface area contributed by atoms with Crippen LogP contribution in [0.5, 0.6) is 11.5 Å². The predicted octanol–water partition coefficient (Wildman–Crippen LogP) is 3.72. The lowest BCUT2D eigenvalue weighted by atomic mass is 10.2. The van der Waals surface area contributed by atoms with E-state index in [9.17, 15) is 13.2 Å². The number of nitrogens with zero attached hydrogens (tertiary/aromatic N) is 1. The van der Waals surface area contributed by atoms with Gasteiger partial charge in [0, 0.05) is 12.6 Å². The summed E-state index contributed by atoms with van der Waals surface area (Å²) in [6.45, 7) is 3.94. The van der Waals surface area contributed by atoms with Crippen molar-refractivity contribution in [1.82, 2.24) is 10.6 Å². The van der Waals surface area contributed by atoms with Crippen LogP contribution in [0.3, 0.4) is 0 Å². The second-order valence-electron chi connectivity index (χ2n) is 6.05. The van der Waals surface area contributed by atoms with E-state index in [4.69, 9.17) is 9.47 Å². The van der Waals surface area contributed by atoms with Crippen molar-refractivity contribution in [3.63, 3.8) is 0 Å². The third kappa shape index (κ3) is 7.46. The van der Waals surface area contributed by atoms with Gasteiger partial charge >= 0.3 is 6.18 Å². The number of aliphatic imine (C=N–C) groups is 1. The van der Waals surface area contributed by atoms with E-state index < -0.39 is 12.8 Å². The lowest BCUT2D eigenvalue weighted by Gasteiger charge is -2.14. The molecule has 1 aliphatic rings. The van der Waals surface area contributed by atoms with Crippen LogP contribution in [-0.2, 0) is 6.54 Å². The van der Waals surface area contributed by atoms with E-state index >= 15 is 0 Å². The fraction of sp³-hybridized carbons (Fsp3) is 0.588. The van der Waals surface area contributed by atoms with Gasteiger partial charge < -0.3 is 20.1 Å². The predicted molar refractivity (Wildman–Crippen MR) is 105 cm³/mol. The van der Waals surface area contributed by atoms with Gasteiger partial charge in [0.1, 0.15) is 0 Å². The lowest BCUT2D eigenvalue weighted by molar-refractivity contribution is -0.153. The third-order valence-corrected chi connectivity index (χ3v) is 3.81. The molecular formula is C17H25F3IN3O2. The van der Waals surface area contributed by atoms with Gasteiger partial charge in [-0.05, 0) is 37.0 Å². The molecule has 1 fully saturated rings. The maximum atomic E-state index is 12.3. The number of alkyl halides is 3. The fourth-order valence-corrected chi connectivity index (χ4v) is 2.28. The second-order valence-corrected chi connectivity index (χ2v) is 6.05. The quantitative estimate of drug-likeness (QED) is 0.350. The SMILES string of the molecule is CCNC(=NCc1ccc(OCC(F)(F)F)c(OC)c1)NC1CC1C.I. The standard InChI is InChI=1S/C17H24F3N3O2.HI/c1-4-21-16(23-13-7-11(13)2)22-9-12-5-6-14(15(8-12)24-3)25-10-17(18,19)20;/h5-6,8,11,13H,4,7,9-10H2,1-3H3,(H2,21,22,23);1H. The molecule has 2 rings (SSSR count). The van der Waals surface area contributed by atoms with E-state index in [1.54, 1.807) is 12.1 Å². The number of methoxy groups -OCH3 is 1. The van der Waals surface area contributed by atoms with Crippen LogP contribution in [0.1, 0.15) is 25.8 Å². The van der Waals surface area contributed by atoms with Crippen molar-refractivity contribution in [3.8, 4) is 11.5 Å². The highest BCUT2D eigenvalue weighted by molar-refractivity contribution is 14.0. The first-order valence-corrected chi connectivity index (χ1v) is 8.23. The molecule has 0 radical (unpaired) electrons. The van der Waals surface area contributed by atoms with E-state index in [-0.39, 0.29) is 35.5 Å². The van der Waals surface area contributed by atoms with Gasteiger partial charge in [-0.15, -0.1) is 24.0 Å². The Morgan fingerprint density at radius 3 is 2.54 bits per heavy atom. The maximum Gasteiger partial charge on any atom is 0.422 e. The molecule has 5 nitrogen and oxygen atoms in total. The fourth-order valence-electron chi connectivity index (χ4n) is 2.28. The van der Waals surface area contributed by atoms with Crippen molar-refractivity contribution < 1.29 is 22.6 Å². The minimum atomic E-state index is -4.39. The van der Waals surface area contributed by atoms with E-state index in [1.165, 1.54) is 13.2 Å². The molecule has 2 unspecified atom stereocenters. The van der Waals surface area contributed by atoms with Crippen molar-refractivity contribution in [1.29, 1.82) is 0 Å². The summed E-state index contributed by atoms with van der Waals surface area (Å²) in [6, 6.07) is 5.24. The molecular weight excluding hydrogens is 462 g/mol. The Bertz CT molecular complexity index is 611. The second kappa shape index (κ2) is 10.1. The first-order chi connectivity index (χ1) is 11.8. The van der Waals surface area contributed by atoms with Crippen molar-refractivity contribution in [3.05, 3.63) is 23.8 Å². The largest absolute Gasteiger partial charge is 0.493 e. The maximum absolute atomic E-state index is 12.3. The molecule has 2 N–H and O–H groups in total. The van der Waals surface area contributed by atoms with Crippen LogP contribution in [0, 0.1) is 5.92 Å². The minimum absolute atomic E-state index is 0. The summed E-state index contributed by atoms with van der Waals surface area (Å²) in [5.74, 6) is 1.69. The van der Waals surface area contributed by atoms with E-state index in [0.29, 0.717) is 18.5 Å². The Morgan fingerprint density at radius 1 is 1.31 bits per heavy atom. The molecule has 1 aromatic carbocycles. The summed E-state index contributed by atoms with van der Waals surface area (Å²) in [5, 5.41) is 6.53. The van der Waals surface area contributed by atoms with Gasteiger partial charge in [0.2, 0.25) is 0 Å². The van der Waals surface area contributed by atoms with E-state index in [1.807, 2.05) is 6.92 Å². The van der Waals surface area contributed by atoms with Crippen LogP contribution in [0.2, 0.25) is 0 Å². The van der Waals surface area contributed by atoms with Gasteiger partial charge in [0.15, 0.2) is 24.1 Å². The third-order valence-electron chi connectivity index (χ3n) is 3.81. The molecule has 1 saturated carbocycles. The van der Waals surface area contributed by atoms with Crippen molar-refractivity contribution >= 4 is 29.9 Å². The molecule has 0 saturated heterocycles. The number of hydrogen-bond donors (Lipinski definition) is 2. The number of guanidine groups is 1. The van der Waals surface area contributed by atoms with Crippen LogP contribution in [-0.4, -0.2) is 38.4 Å². The Labute approximate surface area is 168 Å². The summed E-state index contributed by atoms with van der Waals surface area (Å²) in [4.78, 5) is 4.51. The van der Waals surface area contributed by atoms with Gasteiger partial charge in [-0.1, -0.05) is 13.0 Å². The van der Waals surface area contributed by atoms with Crippen LogP contribution in [0.4, 0.5) is 13.2 Å². The zero-order valence-electron chi connectivity index (χ0n) is 15.0. The first kappa shape index (κ1) is 22.7. The molecule has 0 aliphatic heterocycles.